The average molecular weight is 1050 g/mol. The first-order chi connectivity index (χ1) is 36.3. The molecule has 74 heavy (non-hydrogen) atoms. The summed E-state index contributed by atoms with van der Waals surface area (Å²) in [6.07, 6.45) is 65.2. The van der Waals surface area contributed by atoms with Gasteiger partial charge in [0.1, 0.15) is 24.4 Å². The normalized spacial score (nSPS) is 19.1. The van der Waals surface area contributed by atoms with Gasteiger partial charge < -0.3 is 40.3 Å². The van der Waals surface area contributed by atoms with E-state index in [1.54, 1.807) is 6.08 Å². The van der Waals surface area contributed by atoms with Crippen LogP contribution in [0.5, 0.6) is 0 Å². The molecule has 1 saturated heterocycles. The van der Waals surface area contributed by atoms with Crippen LogP contribution in [0.1, 0.15) is 316 Å². The lowest BCUT2D eigenvalue weighted by molar-refractivity contribution is -0.302. The van der Waals surface area contributed by atoms with Crippen molar-refractivity contribution in [1.29, 1.82) is 0 Å². The molecule has 1 amide bonds. The summed E-state index contributed by atoms with van der Waals surface area (Å²) in [4.78, 5) is 13.1. The maximum atomic E-state index is 13.1. The van der Waals surface area contributed by atoms with Crippen molar-refractivity contribution in [2.75, 3.05) is 13.2 Å². The molecule has 1 aliphatic rings. The number of rotatable bonds is 56. The molecule has 7 unspecified atom stereocenters. The molecular formula is C65H123NO8. The summed E-state index contributed by atoms with van der Waals surface area (Å²) in [5, 5.41) is 54.6. The van der Waals surface area contributed by atoms with E-state index in [2.05, 4.69) is 43.5 Å². The smallest absolute Gasteiger partial charge is 0.220 e. The molecule has 0 saturated carbocycles. The molecule has 6 N–H and O–H groups in total. The second-order valence-corrected chi connectivity index (χ2v) is 22.6. The van der Waals surface area contributed by atoms with Gasteiger partial charge >= 0.3 is 0 Å². The molecule has 0 bridgehead atoms. The quantitative estimate of drug-likeness (QED) is 0.0261. The Bertz CT molecular complexity index is 1260. The molecule has 0 aromatic rings. The fraction of sp³-hybridized carbons (Fsp3) is 0.892. The van der Waals surface area contributed by atoms with Crippen molar-refractivity contribution >= 4 is 5.91 Å². The Morgan fingerprint density at radius 2 is 0.797 bits per heavy atom. The number of hydrogen-bond acceptors (Lipinski definition) is 8. The molecule has 0 spiro atoms. The van der Waals surface area contributed by atoms with Crippen molar-refractivity contribution in [1.82, 2.24) is 5.32 Å². The van der Waals surface area contributed by atoms with E-state index in [0.717, 1.165) is 44.9 Å². The third kappa shape index (κ3) is 43.4. The van der Waals surface area contributed by atoms with Gasteiger partial charge in [-0.05, 0) is 51.4 Å². The summed E-state index contributed by atoms with van der Waals surface area (Å²) >= 11 is 0. The first-order valence-corrected chi connectivity index (χ1v) is 32.2. The molecule has 1 aliphatic heterocycles. The number of amides is 1. The van der Waals surface area contributed by atoms with Gasteiger partial charge in [0.15, 0.2) is 6.29 Å². The lowest BCUT2D eigenvalue weighted by Gasteiger charge is -2.40. The minimum Gasteiger partial charge on any atom is -0.394 e. The van der Waals surface area contributed by atoms with E-state index < -0.39 is 49.5 Å². The Morgan fingerprint density at radius 1 is 0.459 bits per heavy atom. The highest BCUT2D eigenvalue weighted by Gasteiger charge is 2.44. The zero-order valence-corrected chi connectivity index (χ0v) is 48.6. The largest absolute Gasteiger partial charge is 0.394 e. The fourth-order valence-electron chi connectivity index (χ4n) is 10.4. The van der Waals surface area contributed by atoms with E-state index in [4.69, 9.17) is 9.47 Å². The average Bonchev–Trinajstić information content (AvgIpc) is 3.40. The van der Waals surface area contributed by atoms with Crippen molar-refractivity contribution in [3.05, 3.63) is 36.5 Å². The van der Waals surface area contributed by atoms with Crippen LogP contribution in [-0.2, 0) is 14.3 Å². The number of aliphatic hydroxyl groups is 5. The molecule has 0 radical (unpaired) electrons. The molecule has 9 heteroatoms. The molecule has 1 fully saturated rings. The molecule has 436 valence electrons. The standard InChI is InChI=1S/C65H123NO8/c1-3-5-7-9-11-13-15-17-19-21-23-24-25-26-27-28-29-30-31-32-33-34-35-36-37-39-41-43-45-47-49-51-53-55-61(69)66-58(57-73-65-64(72)63(71)62(70)60(56-67)74-65)59(68)54-52-50-48-46-44-42-40-38-22-20-18-16-14-12-10-8-6-4-2/h15,17,21,23,52,54,58-60,62-65,67-68,70-72H,3-14,16,18-20,22,24-51,53,55-57H2,1-2H3,(H,66,69)/b17-15-,23-21-,54-52+. The fourth-order valence-corrected chi connectivity index (χ4v) is 10.4. The maximum absolute atomic E-state index is 13.1. The topological polar surface area (TPSA) is 149 Å². The Balaban J connectivity index is 2.12. The third-order valence-corrected chi connectivity index (χ3v) is 15.5. The highest BCUT2D eigenvalue weighted by molar-refractivity contribution is 5.76. The van der Waals surface area contributed by atoms with Crippen LogP contribution in [0.2, 0.25) is 0 Å². The van der Waals surface area contributed by atoms with E-state index in [9.17, 15) is 30.3 Å². The molecule has 9 nitrogen and oxygen atoms in total. The summed E-state index contributed by atoms with van der Waals surface area (Å²) in [7, 11) is 0. The van der Waals surface area contributed by atoms with Gasteiger partial charge in [-0.2, -0.15) is 0 Å². The zero-order chi connectivity index (χ0) is 53.6. The SMILES string of the molecule is CCCCCCC/C=C\C/C=C\CCCCCCCCCCCCCCCCCCCCCCCC(=O)NC(COC1OC(CO)C(O)C(O)C1O)C(O)/C=C/CCCCCCCCCCCCCCCCCC. The number of carbonyl (C=O) groups excluding carboxylic acids is 1. The maximum Gasteiger partial charge on any atom is 0.220 e. The van der Waals surface area contributed by atoms with Gasteiger partial charge in [0.05, 0.1) is 25.4 Å². The molecule has 1 rings (SSSR count). The molecule has 7 atom stereocenters. The van der Waals surface area contributed by atoms with Crippen LogP contribution in [0.4, 0.5) is 0 Å². The minimum atomic E-state index is -1.57. The van der Waals surface area contributed by atoms with Crippen molar-refractivity contribution < 1.29 is 39.8 Å². The molecule has 0 aromatic carbocycles. The van der Waals surface area contributed by atoms with Crippen LogP contribution >= 0.6 is 0 Å². The Hall–Kier alpha value is -1.59. The van der Waals surface area contributed by atoms with Crippen molar-refractivity contribution in [2.45, 2.75) is 358 Å². The van der Waals surface area contributed by atoms with Gasteiger partial charge in [0.25, 0.3) is 0 Å². The van der Waals surface area contributed by atoms with Gasteiger partial charge in [-0.15, -0.1) is 0 Å². The van der Waals surface area contributed by atoms with E-state index in [0.29, 0.717) is 6.42 Å². The van der Waals surface area contributed by atoms with Gasteiger partial charge in [-0.25, -0.2) is 0 Å². The van der Waals surface area contributed by atoms with Crippen LogP contribution in [0.15, 0.2) is 36.5 Å². The number of ether oxygens (including phenoxy) is 2. The van der Waals surface area contributed by atoms with Gasteiger partial charge in [-0.3, -0.25) is 4.79 Å². The van der Waals surface area contributed by atoms with E-state index in [-0.39, 0.29) is 12.5 Å². The summed E-state index contributed by atoms with van der Waals surface area (Å²) < 4.78 is 11.3. The Kier molecular flexibility index (Phi) is 52.1. The van der Waals surface area contributed by atoms with Crippen molar-refractivity contribution in [2.24, 2.45) is 0 Å². The summed E-state index contributed by atoms with van der Waals surface area (Å²) in [5.41, 5.74) is 0. The van der Waals surface area contributed by atoms with E-state index in [1.807, 2.05) is 6.08 Å². The van der Waals surface area contributed by atoms with Crippen LogP contribution in [0.25, 0.3) is 0 Å². The van der Waals surface area contributed by atoms with Crippen LogP contribution in [0.3, 0.4) is 0 Å². The second kappa shape index (κ2) is 54.8. The number of unbranched alkanes of at least 4 members (excludes halogenated alkanes) is 42. The van der Waals surface area contributed by atoms with Crippen molar-refractivity contribution in [3.63, 3.8) is 0 Å². The van der Waals surface area contributed by atoms with Crippen LogP contribution in [0, 0.1) is 0 Å². The Morgan fingerprint density at radius 3 is 1.16 bits per heavy atom. The number of aliphatic hydroxyl groups excluding tert-OH is 5. The zero-order valence-electron chi connectivity index (χ0n) is 48.6. The van der Waals surface area contributed by atoms with Gasteiger partial charge in [0, 0.05) is 6.42 Å². The molecule has 1 heterocycles. The summed E-state index contributed by atoms with van der Waals surface area (Å²) in [6, 6.07) is -0.803. The lowest BCUT2D eigenvalue weighted by Crippen LogP contribution is -2.60. The highest BCUT2D eigenvalue weighted by atomic mass is 16.7. The lowest BCUT2D eigenvalue weighted by atomic mass is 9.99. The van der Waals surface area contributed by atoms with E-state index in [1.165, 1.54) is 250 Å². The van der Waals surface area contributed by atoms with Gasteiger partial charge in [0.2, 0.25) is 5.91 Å². The molecule has 0 aromatic heterocycles. The second-order valence-electron chi connectivity index (χ2n) is 22.6. The van der Waals surface area contributed by atoms with E-state index >= 15 is 0 Å². The third-order valence-electron chi connectivity index (χ3n) is 15.5. The van der Waals surface area contributed by atoms with Crippen LogP contribution in [-0.4, -0.2) is 87.5 Å². The predicted octanol–water partition coefficient (Wildman–Crippen LogP) is 16.7. The monoisotopic (exact) mass is 1050 g/mol. The number of carbonyl (C=O) groups is 1. The first-order valence-electron chi connectivity index (χ1n) is 32.2. The number of allylic oxidation sites excluding steroid dienone is 5. The Labute approximate surface area is 457 Å². The summed E-state index contributed by atoms with van der Waals surface area (Å²) in [5.74, 6) is -0.171. The number of nitrogens with one attached hydrogen (secondary N) is 1. The molecular weight excluding hydrogens is 923 g/mol. The minimum absolute atomic E-state index is 0.171. The van der Waals surface area contributed by atoms with Gasteiger partial charge in [-0.1, -0.05) is 294 Å². The van der Waals surface area contributed by atoms with Crippen LogP contribution < -0.4 is 5.32 Å². The first kappa shape index (κ1) is 70.4. The predicted molar refractivity (Wildman–Crippen MR) is 313 cm³/mol. The molecule has 0 aliphatic carbocycles. The number of hydrogen-bond donors (Lipinski definition) is 6. The van der Waals surface area contributed by atoms with Crippen molar-refractivity contribution in [3.8, 4) is 0 Å². The highest BCUT2D eigenvalue weighted by Crippen LogP contribution is 2.23. The summed E-state index contributed by atoms with van der Waals surface area (Å²) in [6.45, 7) is 3.81.